The average Bonchev–Trinajstić information content (AvgIpc) is 2.38. The molecule has 0 aliphatic carbocycles. The summed E-state index contributed by atoms with van der Waals surface area (Å²) in [6.45, 7) is 0. The molecule has 0 radical (unpaired) electrons. The molecular weight excluding hydrogens is 232 g/mol. The Kier molecular flexibility index (Phi) is 3.73. The van der Waals surface area contributed by atoms with Gasteiger partial charge in [-0.25, -0.2) is 0 Å². The Labute approximate surface area is 105 Å². The maximum absolute atomic E-state index is 10.6. The van der Waals surface area contributed by atoms with Gasteiger partial charge < -0.3 is 0 Å². The van der Waals surface area contributed by atoms with Crippen LogP contribution in [0.2, 0.25) is 5.02 Å². The molecule has 0 bridgehead atoms. The van der Waals surface area contributed by atoms with E-state index in [1.54, 1.807) is 6.07 Å². The van der Waals surface area contributed by atoms with Gasteiger partial charge in [0, 0.05) is 10.6 Å². The highest BCUT2D eigenvalue weighted by Crippen LogP contribution is 2.18. The molecule has 2 heteroatoms. The van der Waals surface area contributed by atoms with Crippen LogP contribution in [0.3, 0.4) is 0 Å². The SMILES string of the molecule is O=Cc1cccc(/C=C/c2ccccc2Cl)c1. The lowest BCUT2D eigenvalue weighted by molar-refractivity contribution is 0.112. The molecule has 2 rings (SSSR count). The minimum Gasteiger partial charge on any atom is -0.298 e. The van der Waals surface area contributed by atoms with Crippen LogP contribution in [0.4, 0.5) is 0 Å². The highest BCUT2D eigenvalue weighted by atomic mass is 35.5. The molecule has 2 aromatic rings. The summed E-state index contributed by atoms with van der Waals surface area (Å²) in [5.74, 6) is 0. The fourth-order valence-electron chi connectivity index (χ4n) is 1.53. The van der Waals surface area contributed by atoms with Crippen molar-refractivity contribution < 1.29 is 4.79 Å². The first kappa shape index (κ1) is 11.6. The Hall–Kier alpha value is -1.86. The zero-order chi connectivity index (χ0) is 12.1. The molecule has 0 aromatic heterocycles. The predicted octanol–water partition coefficient (Wildman–Crippen LogP) is 4.32. The fourth-order valence-corrected chi connectivity index (χ4v) is 1.73. The minimum atomic E-state index is 0.673. The van der Waals surface area contributed by atoms with Gasteiger partial charge in [-0.05, 0) is 23.3 Å². The van der Waals surface area contributed by atoms with Crippen molar-refractivity contribution >= 4 is 30.0 Å². The summed E-state index contributed by atoms with van der Waals surface area (Å²) >= 11 is 6.04. The quantitative estimate of drug-likeness (QED) is 0.579. The summed E-state index contributed by atoms with van der Waals surface area (Å²) in [5, 5.41) is 0.718. The largest absolute Gasteiger partial charge is 0.298 e. The molecule has 17 heavy (non-hydrogen) atoms. The monoisotopic (exact) mass is 242 g/mol. The van der Waals surface area contributed by atoms with Gasteiger partial charge in [0.25, 0.3) is 0 Å². The Morgan fingerprint density at radius 1 is 0.882 bits per heavy atom. The standard InChI is InChI=1S/C15H11ClO/c16-15-7-2-1-6-14(15)9-8-12-4-3-5-13(10-12)11-17/h1-11H/b9-8+. The van der Waals surface area contributed by atoms with E-state index in [2.05, 4.69) is 0 Å². The van der Waals surface area contributed by atoms with Crippen molar-refractivity contribution in [3.05, 3.63) is 70.2 Å². The fraction of sp³-hybridized carbons (Fsp3) is 0. The van der Waals surface area contributed by atoms with Gasteiger partial charge in [-0.2, -0.15) is 0 Å². The van der Waals surface area contributed by atoms with E-state index in [-0.39, 0.29) is 0 Å². The summed E-state index contributed by atoms with van der Waals surface area (Å²) in [7, 11) is 0. The number of benzene rings is 2. The van der Waals surface area contributed by atoms with Crippen molar-refractivity contribution in [1.29, 1.82) is 0 Å². The Morgan fingerprint density at radius 2 is 1.65 bits per heavy atom. The van der Waals surface area contributed by atoms with E-state index in [0.29, 0.717) is 5.56 Å². The highest BCUT2D eigenvalue weighted by Gasteiger charge is 1.94. The van der Waals surface area contributed by atoms with Gasteiger partial charge in [-0.3, -0.25) is 4.79 Å². The first-order valence-corrected chi connectivity index (χ1v) is 5.65. The van der Waals surface area contributed by atoms with Crippen molar-refractivity contribution in [2.24, 2.45) is 0 Å². The van der Waals surface area contributed by atoms with Crippen LogP contribution < -0.4 is 0 Å². The van der Waals surface area contributed by atoms with E-state index in [4.69, 9.17) is 11.6 Å². The molecule has 84 valence electrons. The van der Waals surface area contributed by atoms with Crippen molar-refractivity contribution in [3.8, 4) is 0 Å². The minimum absolute atomic E-state index is 0.673. The Balaban J connectivity index is 2.26. The van der Waals surface area contributed by atoms with Gasteiger partial charge in [0.2, 0.25) is 0 Å². The van der Waals surface area contributed by atoms with Gasteiger partial charge >= 0.3 is 0 Å². The number of hydrogen-bond acceptors (Lipinski definition) is 1. The van der Waals surface area contributed by atoms with Crippen LogP contribution in [0.1, 0.15) is 21.5 Å². The zero-order valence-electron chi connectivity index (χ0n) is 9.14. The van der Waals surface area contributed by atoms with Crippen LogP contribution in [0.25, 0.3) is 12.2 Å². The summed E-state index contributed by atoms with van der Waals surface area (Å²) in [5.41, 5.74) is 2.62. The van der Waals surface area contributed by atoms with Crippen molar-refractivity contribution in [2.75, 3.05) is 0 Å². The van der Waals surface area contributed by atoms with Crippen LogP contribution >= 0.6 is 11.6 Å². The smallest absolute Gasteiger partial charge is 0.150 e. The summed E-state index contributed by atoms with van der Waals surface area (Å²) < 4.78 is 0. The molecule has 2 aromatic carbocycles. The van der Waals surface area contributed by atoms with Crippen LogP contribution in [0.15, 0.2) is 48.5 Å². The normalized spacial score (nSPS) is 10.6. The second-order valence-corrected chi connectivity index (χ2v) is 4.05. The number of aldehydes is 1. The summed E-state index contributed by atoms with van der Waals surface area (Å²) in [6.07, 6.45) is 4.72. The van der Waals surface area contributed by atoms with Gasteiger partial charge in [0.1, 0.15) is 6.29 Å². The van der Waals surface area contributed by atoms with Crippen molar-refractivity contribution in [3.63, 3.8) is 0 Å². The second kappa shape index (κ2) is 5.46. The second-order valence-electron chi connectivity index (χ2n) is 3.64. The maximum Gasteiger partial charge on any atom is 0.150 e. The molecule has 0 N–H and O–H groups in total. The predicted molar refractivity (Wildman–Crippen MR) is 72.2 cm³/mol. The lowest BCUT2D eigenvalue weighted by Gasteiger charge is -1.97. The summed E-state index contributed by atoms with van der Waals surface area (Å²) in [4.78, 5) is 10.6. The van der Waals surface area contributed by atoms with E-state index in [0.717, 1.165) is 22.4 Å². The number of carbonyl (C=O) groups is 1. The third-order valence-electron chi connectivity index (χ3n) is 2.41. The lowest BCUT2D eigenvalue weighted by Crippen LogP contribution is -1.80. The molecule has 1 nitrogen and oxygen atoms in total. The third-order valence-corrected chi connectivity index (χ3v) is 2.75. The van der Waals surface area contributed by atoms with Crippen LogP contribution in [-0.4, -0.2) is 6.29 Å². The molecule has 0 heterocycles. The third kappa shape index (κ3) is 3.05. The molecule has 0 aliphatic rings. The van der Waals surface area contributed by atoms with Gasteiger partial charge in [0.15, 0.2) is 0 Å². The first-order valence-electron chi connectivity index (χ1n) is 5.27. The van der Waals surface area contributed by atoms with Crippen LogP contribution in [-0.2, 0) is 0 Å². The lowest BCUT2D eigenvalue weighted by atomic mass is 10.1. The van der Waals surface area contributed by atoms with E-state index < -0.39 is 0 Å². The zero-order valence-corrected chi connectivity index (χ0v) is 9.89. The molecular formula is C15H11ClO. The number of hydrogen-bond donors (Lipinski definition) is 0. The molecule has 0 atom stereocenters. The molecule has 0 spiro atoms. The van der Waals surface area contributed by atoms with E-state index in [9.17, 15) is 4.79 Å². The maximum atomic E-state index is 10.6. The van der Waals surface area contributed by atoms with E-state index >= 15 is 0 Å². The Morgan fingerprint density at radius 3 is 2.41 bits per heavy atom. The molecule has 0 saturated carbocycles. The molecule has 0 amide bonds. The van der Waals surface area contributed by atoms with Crippen LogP contribution in [0.5, 0.6) is 0 Å². The highest BCUT2D eigenvalue weighted by molar-refractivity contribution is 6.32. The molecule has 0 aliphatic heterocycles. The van der Waals surface area contributed by atoms with E-state index in [1.807, 2.05) is 54.6 Å². The van der Waals surface area contributed by atoms with Crippen molar-refractivity contribution in [1.82, 2.24) is 0 Å². The molecule has 0 unspecified atom stereocenters. The average molecular weight is 243 g/mol. The van der Waals surface area contributed by atoms with Gasteiger partial charge in [0.05, 0.1) is 0 Å². The number of halogens is 1. The van der Waals surface area contributed by atoms with Crippen LogP contribution in [0, 0.1) is 0 Å². The Bertz CT molecular complexity index is 558. The topological polar surface area (TPSA) is 17.1 Å². The number of rotatable bonds is 3. The van der Waals surface area contributed by atoms with Gasteiger partial charge in [-0.15, -0.1) is 0 Å². The van der Waals surface area contributed by atoms with E-state index in [1.165, 1.54) is 0 Å². The first-order chi connectivity index (χ1) is 8.29. The van der Waals surface area contributed by atoms with Crippen molar-refractivity contribution in [2.45, 2.75) is 0 Å². The molecule has 0 saturated heterocycles. The summed E-state index contributed by atoms with van der Waals surface area (Å²) in [6, 6.07) is 15.0. The molecule has 0 fully saturated rings. The number of carbonyl (C=O) groups excluding carboxylic acids is 1. The van der Waals surface area contributed by atoms with Gasteiger partial charge in [-0.1, -0.05) is 60.2 Å².